The van der Waals surface area contributed by atoms with Gasteiger partial charge in [-0.2, -0.15) is 0 Å². The fourth-order valence-electron chi connectivity index (χ4n) is 2.84. The van der Waals surface area contributed by atoms with Crippen LogP contribution in [0.3, 0.4) is 0 Å². The second kappa shape index (κ2) is 9.06. The van der Waals surface area contributed by atoms with Gasteiger partial charge in [0.2, 0.25) is 5.91 Å². The highest BCUT2D eigenvalue weighted by molar-refractivity contribution is 8.00. The third-order valence-corrected chi connectivity index (χ3v) is 8.34. The highest BCUT2D eigenvalue weighted by Crippen LogP contribution is 2.26. The zero-order valence-corrected chi connectivity index (χ0v) is 17.8. The molecule has 150 valence electrons. The second-order valence-corrected chi connectivity index (χ2v) is 11.0. The van der Waals surface area contributed by atoms with Gasteiger partial charge in [-0.05, 0) is 37.0 Å². The molecule has 1 aromatic carbocycles. The summed E-state index contributed by atoms with van der Waals surface area (Å²) in [4.78, 5) is 28.4. The molecule has 3 rings (SSSR count). The fraction of sp³-hybridized carbons (Fsp3) is 0.389. The van der Waals surface area contributed by atoms with Crippen molar-refractivity contribution in [2.45, 2.75) is 29.9 Å². The number of aromatic nitrogens is 1. The van der Waals surface area contributed by atoms with Gasteiger partial charge in [0, 0.05) is 28.8 Å². The molecule has 1 fully saturated rings. The van der Waals surface area contributed by atoms with Crippen molar-refractivity contribution in [2.24, 2.45) is 5.92 Å². The number of hydrogen-bond donors (Lipinski definition) is 2. The quantitative estimate of drug-likeness (QED) is 0.529. The molecule has 7 nitrogen and oxygen atoms in total. The van der Waals surface area contributed by atoms with E-state index in [1.54, 1.807) is 35.2 Å². The van der Waals surface area contributed by atoms with E-state index in [9.17, 15) is 18.0 Å². The molecule has 1 aromatic heterocycles. The van der Waals surface area contributed by atoms with Gasteiger partial charge in [-0.15, -0.1) is 11.3 Å². The summed E-state index contributed by atoms with van der Waals surface area (Å²) in [6.07, 6.45) is 0.579. The minimum atomic E-state index is -3.01. The normalized spacial score (nSPS) is 18.0. The molecule has 2 N–H and O–H groups in total. The Hall–Kier alpha value is -1.91. The summed E-state index contributed by atoms with van der Waals surface area (Å²) in [7, 11) is -3.01. The molecule has 0 radical (unpaired) electrons. The Morgan fingerprint density at radius 3 is 2.61 bits per heavy atom. The second-order valence-electron chi connectivity index (χ2n) is 6.72. The monoisotopic (exact) mass is 439 g/mol. The van der Waals surface area contributed by atoms with E-state index >= 15 is 0 Å². The summed E-state index contributed by atoms with van der Waals surface area (Å²) in [5.74, 6) is -0.0568. The van der Waals surface area contributed by atoms with Crippen LogP contribution in [0.25, 0.3) is 0 Å². The zero-order valence-electron chi connectivity index (χ0n) is 15.3. The number of hydrazine groups is 1. The van der Waals surface area contributed by atoms with E-state index in [0.29, 0.717) is 12.0 Å². The van der Waals surface area contributed by atoms with Gasteiger partial charge in [-0.1, -0.05) is 23.9 Å². The number of carbonyl (C=O) groups excluding carboxylic acids is 2. The maximum atomic E-state index is 12.1. The third kappa shape index (κ3) is 6.05. The topological polar surface area (TPSA) is 105 Å². The third-order valence-electron chi connectivity index (χ3n) is 4.29. The number of thiazole rings is 1. The fourth-order valence-corrected chi connectivity index (χ4v) is 6.51. The van der Waals surface area contributed by atoms with Crippen LogP contribution in [0.15, 0.2) is 34.0 Å². The Balaban J connectivity index is 1.43. The van der Waals surface area contributed by atoms with Gasteiger partial charge >= 0.3 is 0 Å². The van der Waals surface area contributed by atoms with E-state index in [1.807, 2.05) is 24.4 Å². The van der Waals surface area contributed by atoms with Gasteiger partial charge in [0.25, 0.3) is 5.91 Å². The summed E-state index contributed by atoms with van der Waals surface area (Å²) >= 11 is 3.26. The first-order valence-electron chi connectivity index (χ1n) is 8.74. The maximum absolute atomic E-state index is 12.1. The number of benzene rings is 1. The number of amides is 2. The first kappa shape index (κ1) is 20.8. The molecule has 2 amide bonds. The van der Waals surface area contributed by atoms with E-state index in [4.69, 9.17) is 0 Å². The SMILES string of the molecule is Cc1csc(SCc2ccc(C(=O)NNC(=O)CC3CCS(=O)(=O)C3)cc2)n1. The van der Waals surface area contributed by atoms with Gasteiger partial charge in [-0.25, -0.2) is 13.4 Å². The number of thioether (sulfide) groups is 1. The molecule has 0 aliphatic carbocycles. The summed E-state index contributed by atoms with van der Waals surface area (Å²) in [5, 5.41) is 2.01. The van der Waals surface area contributed by atoms with E-state index in [1.165, 1.54) is 0 Å². The Labute approximate surface area is 172 Å². The molecule has 28 heavy (non-hydrogen) atoms. The van der Waals surface area contributed by atoms with Gasteiger partial charge < -0.3 is 0 Å². The lowest BCUT2D eigenvalue weighted by atomic mass is 10.1. The summed E-state index contributed by atoms with van der Waals surface area (Å²) < 4.78 is 23.9. The number of carbonyl (C=O) groups is 2. The predicted molar refractivity (Wildman–Crippen MR) is 110 cm³/mol. The average molecular weight is 440 g/mol. The standard InChI is InChI=1S/C18H21N3O4S3/c1-12-9-26-18(19-12)27-10-13-2-4-15(5-3-13)17(23)21-20-16(22)8-14-6-7-28(24,25)11-14/h2-5,9,14H,6-8,10-11H2,1H3,(H,20,22)(H,21,23). The largest absolute Gasteiger partial charge is 0.273 e. The highest BCUT2D eigenvalue weighted by atomic mass is 32.2. The van der Waals surface area contributed by atoms with Crippen LogP contribution in [0.4, 0.5) is 0 Å². The van der Waals surface area contributed by atoms with Crippen LogP contribution in [-0.2, 0) is 20.4 Å². The minimum Gasteiger partial charge on any atom is -0.273 e. The summed E-state index contributed by atoms with van der Waals surface area (Å²) in [6, 6.07) is 7.14. The molecule has 0 spiro atoms. The van der Waals surface area contributed by atoms with Crippen molar-refractivity contribution in [3.63, 3.8) is 0 Å². The highest BCUT2D eigenvalue weighted by Gasteiger charge is 2.29. The van der Waals surface area contributed by atoms with E-state index in [-0.39, 0.29) is 29.8 Å². The van der Waals surface area contributed by atoms with E-state index in [2.05, 4.69) is 15.8 Å². The van der Waals surface area contributed by atoms with Crippen molar-refractivity contribution in [2.75, 3.05) is 11.5 Å². The maximum Gasteiger partial charge on any atom is 0.269 e. The lowest BCUT2D eigenvalue weighted by Crippen LogP contribution is -2.42. The molecular formula is C18H21N3O4S3. The van der Waals surface area contributed by atoms with Crippen molar-refractivity contribution in [1.82, 2.24) is 15.8 Å². The van der Waals surface area contributed by atoms with Crippen LogP contribution in [-0.4, -0.2) is 36.7 Å². The molecule has 1 unspecified atom stereocenters. The number of hydrogen-bond acceptors (Lipinski definition) is 7. The van der Waals surface area contributed by atoms with Crippen molar-refractivity contribution < 1.29 is 18.0 Å². The van der Waals surface area contributed by atoms with Gasteiger partial charge in [-0.3, -0.25) is 20.4 Å². The molecule has 2 aromatic rings. The van der Waals surface area contributed by atoms with Crippen molar-refractivity contribution >= 4 is 44.8 Å². The van der Waals surface area contributed by atoms with Gasteiger partial charge in [0.05, 0.1) is 11.5 Å². The number of sulfone groups is 1. The molecular weight excluding hydrogens is 418 g/mol. The molecule has 1 aliphatic rings. The van der Waals surface area contributed by atoms with Crippen molar-refractivity contribution in [1.29, 1.82) is 0 Å². The van der Waals surface area contributed by atoms with E-state index < -0.39 is 15.7 Å². The first-order chi connectivity index (χ1) is 13.3. The first-order valence-corrected chi connectivity index (χ1v) is 12.4. The zero-order chi connectivity index (χ0) is 20.1. The van der Waals surface area contributed by atoms with Crippen LogP contribution < -0.4 is 10.9 Å². The molecule has 10 heteroatoms. The molecule has 0 bridgehead atoms. The minimum absolute atomic E-state index is 0.0361. The smallest absolute Gasteiger partial charge is 0.269 e. The number of nitrogens with one attached hydrogen (secondary N) is 2. The Bertz CT molecular complexity index is 955. The van der Waals surface area contributed by atoms with Crippen LogP contribution >= 0.6 is 23.1 Å². The van der Waals surface area contributed by atoms with Crippen molar-refractivity contribution in [3.8, 4) is 0 Å². The van der Waals surface area contributed by atoms with Gasteiger partial charge in [0.15, 0.2) is 9.84 Å². The van der Waals surface area contributed by atoms with Crippen LogP contribution in [0.2, 0.25) is 0 Å². The summed E-state index contributed by atoms with van der Waals surface area (Å²) in [5.41, 5.74) is 7.24. The van der Waals surface area contributed by atoms with Crippen LogP contribution in [0.5, 0.6) is 0 Å². The Morgan fingerprint density at radius 1 is 1.25 bits per heavy atom. The lowest BCUT2D eigenvalue weighted by molar-refractivity contribution is -0.122. The van der Waals surface area contributed by atoms with Crippen LogP contribution in [0, 0.1) is 12.8 Å². The molecule has 1 atom stereocenters. The Morgan fingerprint density at radius 2 is 2.00 bits per heavy atom. The van der Waals surface area contributed by atoms with Crippen LogP contribution in [0.1, 0.15) is 34.5 Å². The van der Waals surface area contributed by atoms with Crippen molar-refractivity contribution in [3.05, 3.63) is 46.5 Å². The average Bonchev–Trinajstić information content (AvgIpc) is 3.23. The summed E-state index contributed by atoms with van der Waals surface area (Å²) in [6.45, 7) is 1.96. The molecule has 0 saturated carbocycles. The number of rotatable bonds is 6. The van der Waals surface area contributed by atoms with E-state index in [0.717, 1.165) is 21.3 Å². The molecule has 2 heterocycles. The Kier molecular flexibility index (Phi) is 6.73. The van der Waals surface area contributed by atoms with Gasteiger partial charge in [0.1, 0.15) is 4.34 Å². The number of aryl methyl sites for hydroxylation is 1. The number of nitrogens with zero attached hydrogens (tertiary/aromatic N) is 1. The molecule has 1 saturated heterocycles. The predicted octanol–water partition coefficient (Wildman–Crippen LogP) is 2.33. The lowest BCUT2D eigenvalue weighted by Gasteiger charge is -2.10. The molecule has 1 aliphatic heterocycles.